The standard InChI is InChI=1S/2C7H16/c1-6(2)5-7(3)4;1-5-7(3,4)6-2/h6-7H,5H2,1-4H3;5-6H2,1-4H3. The summed E-state index contributed by atoms with van der Waals surface area (Å²) in [5, 5.41) is 0. The SMILES string of the molecule is CC(C)CC(C)C.CCC(C)(C)CC. The Kier molecular flexibility index (Phi) is 9.76. The molecule has 0 heteroatoms. The van der Waals surface area contributed by atoms with E-state index in [2.05, 4.69) is 55.4 Å². The molecule has 0 aliphatic rings. The summed E-state index contributed by atoms with van der Waals surface area (Å²) in [7, 11) is 0. The molecule has 0 aliphatic carbocycles. The largest absolute Gasteiger partial charge is 0.0649 e. The van der Waals surface area contributed by atoms with E-state index in [4.69, 9.17) is 0 Å². The Balaban J connectivity index is 0. The molecule has 0 aromatic heterocycles. The normalized spacial score (nSPS) is 11.6. The Hall–Kier alpha value is 0. The highest BCUT2D eigenvalue weighted by atomic mass is 14.1. The Morgan fingerprint density at radius 2 is 1.07 bits per heavy atom. The maximum absolute atomic E-state index is 2.30. The lowest BCUT2D eigenvalue weighted by atomic mass is 9.88. The summed E-state index contributed by atoms with van der Waals surface area (Å²) >= 11 is 0. The molecule has 0 rings (SSSR count). The summed E-state index contributed by atoms with van der Waals surface area (Å²) in [4.78, 5) is 0. The molecule has 0 saturated carbocycles. The molecule has 0 unspecified atom stereocenters. The van der Waals surface area contributed by atoms with Crippen molar-refractivity contribution >= 4 is 0 Å². The van der Waals surface area contributed by atoms with Gasteiger partial charge in [-0.15, -0.1) is 0 Å². The van der Waals surface area contributed by atoms with Crippen LogP contribution in [0.25, 0.3) is 0 Å². The quantitative estimate of drug-likeness (QED) is 0.560. The first-order valence-corrected chi connectivity index (χ1v) is 6.25. The summed E-state index contributed by atoms with van der Waals surface area (Å²) in [6, 6.07) is 0. The van der Waals surface area contributed by atoms with Gasteiger partial charge in [-0.1, -0.05) is 68.2 Å². The average Bonchev–Trinajstić information content (AvgIpc) is 2.03. The van der Waals surface area contributed by atoms with E-state index in [1.165, 1.54) is 19.3 Å². The molecule has 14 heavy (non-hydrogen) atoms. The molecular formula is C14H32. The Morgan fingerprint density at radius 3 is 1.07 bits per heavy atom. The molecule has 0 spiro atoms. The van der Waals surface area contributed by atoms with Gasteiger partial charge in [0.25, 0.3) is 0 Å². The Bertz CT molecular complexity index is 97.2. The van der Waals surface area contributed by atoms with Gasteiger partial charge in [0.2, 0.25) is 0 Å². The zero-order chi connectivity index (χ0) is 11.8. The molecule has 0 heterocycles. The minimum atomic E-state index is 0.583. The van der Waals surface area contributed by atoms with Crippen molar-refractivity contribution in [3.05, 3.63) is 0 Å². The molecule has 0 radical (unpaired) electrons. The van der Waals surface area contributed by atoms with Crippen LogP contribution in [0.15, 0.2) is 0 Å². The number of rotatable bonds is 4. The van der Waals surface area contributed by atoms with Gasteiger partial charge in [-0.25, -0.2) is 0 Å². The topological polar surface area (TPSA) is 0 Å². The fourth-order valence-corrected chi connectivity index (χ4v) is 1.19. The molecular weight excluding hydrogens is 168 g/mol. The summed E-state index contributed by atoms with van der Waals surface area (Å²) in [5.41, 5.74) is 0.583. The van der Waals surface area contributed by atoms with E-state index in [0.717, 1.165) is 11.8 Å². The van der Waals surface area contributed by atoms with E-state index in [0.29, 0.717) is 5.41 Å². The monoisotopic (exact) mass is 200 g/mol. The lowest BCUT2D eigenvalue weighted by Crippen LogP contribution is -2.05. The molecule has 0 bridgehead atoms. The first-order chi connectivity index (χ1) is 6.25. The lowest BCUT2D eigenvalue weighted by Gasteiger charge is -2.18. The maximum Gasteiger partial charge on any atom is -0.0359 e. The van der Waals surface area contributed by atoms with Crippen LogP contribution in [0.1, 0.15) is 74.7 Å². The molecule has 0 aromatic rings. The minimum Gasteiger partial charge on any atom is -0.0649 e. The summed E-state index contributed by atoms with van der Waals surface area (Å²) < 4.78 is 0. The molecule has 0 fully saturated rings. The summed E-state index contributed by atoms with van der Waals surface area (Å²) in [5.74, 6) is 1.75. The van der Waals surface area contributed by atoms with Crippen LogP contribution in [0.2, 0.25) is 0 Å². The van der Waals surface area contributed by atoms with Crippen LogP contribution in [-0.4, -0.2) is 0 Å². The van der Waals surface area contributed by atoms with E-state index < -0.39 is 0 Å². The molecule has 0 saturated heterocycles. The lowest BCUT2D eigenvalue weighted by molar-refractivity contribution is 0.338. The highest BCUT2D eigenvalue weighted by Gasteiger charge is 2.09. The van der Waals surface area contributed by atoms with Crippen molar-refractivity contribution in [3.63, 3.8) is 0 Å². The third kappa shape index (κ3) is 14.5. The fourth-order valence-electron chi connectivity index (χ4n) is 1.19. The molecule has 0 amide bonds. The number of hydrogen-bond donors (Lipinski definition) is 0. The van der Waals surface area contributed by atoms with E-state index in [1.807, 2.05) is 0 Å². The Morgan fingerprint density at radius 1 is 0.786 bits per heavy atom. The first kappa shape index (κ1) is 16.4. The molecule has 0 aliphatic heterocycles. The van der Waals surface area contributed by atoms with Gasteiger partial charge < -0.3 is 0 Å². The van der Waals surface area contributed by atoms with Gasteiger partial charge in [0.15, 0.2) is 0 Å². The molecule has 0 nitrogen and oxygen atoms in total. The van der Waals surface area contributed by atoms with Gasteiger partial charge in [0.1, 0.15) is 0 Å². The maximum atomic E-state index is 2.30. The molecule has 0 N–H and O–H groups in total. The van der Waals surface area contributed by atoms with E-state index in [9.17, 15) is 0 Å². The van der Waals surface area contributed by atoms with Crippen molar-refractivity contribution in [2.75, 3.05) is 0 Å². The second-order valence-corrected chi connectivity index (χ2v) is 5.89. The third-order valence-corrected chi connectivity index (χ3v) is 2.86. The van der Waals surface area contributed by atoms with Gasteiger partial charge in [0, 0.05) is 0 Å². The predicted octanol–water partition coefficient (Wildman–Crippen LogP) is 5.52. The zero-order valence-corrected chi connectivity index (χ0v) is 11.8. The van der Waals surface area contributed by atoms with Gasteiger partial charge in [-0.05, 0) is 23.7 Å². The van der Waals surface area contributed by atoms with Gasteiger partial charge in [0.05, 0.1) is 0 Å². The van der Waals surface area contributed by atoms with Crippen molar-refractivity contribution in [1.82, 2.24) is 0 Å². The van der Waals surface area contributed by atoms with Crippen LogP contribution in [0.5, 0.6) is 0 Å². The second kappa shape index (κ2) is 8.32. The highest BCUT2D eigenvalue weighted by molar-refractivity contribution is 4.61. The number of hydrogen-bond acceptors (Lipinski definition) is 0. The van der Waals surface area contributed by atoms with Crippen molar-refractivity contribution in [3.8, 4) is 0 Å². The molecule has 0 atom stereocenters. The zero-order valence-electron chi connectivity index (χ0n) is 11.8. The van der Waals surface area contributed by atoms with Crippen LogP contribution in [0.3, 0.4) is 0 Å². The van der Waals surface area contributed by atoms with Gasteiger partial charge in [-0.2, -0.15) is 0 Å². The predicted molar refractivity (Wildman–Crippen MR) is 68.7 cm³/mol. The van der Waals surface area contributed by atoms with Crippen molar-refractivity contribution < 1.29 is 0 Å². The van der Waals surface area contributed by atoms with Crippen molar-refractivity contribution in [2.45, 2.75) is 74.7 Å². The van der Waals surface area contributed by atoms with Crippen molar-refractivity contribution in [2.24, 2.45) is 17.3 Å². The van der Waals surface area contributed by atoms with Gasteiger partial charge in [-0.3, -0.25) is 0 Å². The minimum absolute atomic E-state index is 0.583. The fraction of sp³-hybridized carbons (Fsp3) is 1.00. The van der Waals surface area contributed by atoms with E-state index >= 15 is 0 Å². The van der Waals surface area contributed by atoms with Gasteiger partial charge >= 0.3 is 0 Å². The first-order valence-electron chi connectivity index (χ1n) is 6.25. The third-order valence-electron chi connectivity index (χ3n) is 2.86. The second-order valence-electron chi connectivity index (χ2n) is 5.89. The van der Waals surface area contributed by atoms with E-state index in [-0.39, 0.29) is 0 Å². The van der Waals surface area contributed by atoms with Crippen LogP contribution < -0.4 is 0 Å². The average molecular weight is 200 g/mol. The smallest absolute Gasteiger partial charge is 0.0359 e. The van der Waals surface area contributed by atoms with E-state index in [1.54, 1.807) is 0 Å². The van der Waals surface area contributed by atoms with Crippen LogP contribution >= 0.6 is 0 Å². The summed E-state index contributed by atoms with van der Waals surface area (Å²) in [6.07, 6.45) is 3.95. The van der Waals surface area contributed by atoms with Crippen LogP contribution in [-0.2, 0) is 0 Å². The Labute approximate surface area is 92.5 Å². The highest BCUT2D eigenvalue weighted by Crippen LogP contribution is 2.22. The van der Waals surface area contributed by atoms with Crippen LogP contribution in [0.4, 0.5) is 0 Å². The summed E-state index contributed by atoms with van der Waals surface area (Å²) in [6.45, 7) is 18.1. The molecule has 88 valence electrons. The van der Waals surface area contributed by atoms with Crippen LogP contribution in [0, 0.1) is 17.3 Å². The molecule has 0 aromatic carbocycles. The van der Waals surface area contributed by atoms with Crippen molar-refractivity contribution in [1.29, 1.82) is 0 Å².